The predicted octanol–water partition coefficient (Wildman–Crippen LogP) is 3.38. The van der Waals surface area contributed by atoms with E-state index in [1.54, 1.807) is 26.1 Å². The molecule has 0 aliphatic carbocycles. The number of anilines is 1. The molecule has 0 amide bonds. The van der Waals surface area contributed by atoms with Crippen molar-refractivity contribution in [1.82, 2.24) is 4.98 Å². The Morgan fingerprint density at radius 1 is 1.20 bits per heavy atom. The summed E-state index contributed by atoms with van der Waals surface area (Å²) in [7, 11) is 0. The summed E-state index contributed by atoms with van der Waals surface area (Å²) in [5.41, 5.74) is 4.47. The minimum atomic E-state index is -0.464. The number of hydrazone groups is 1. The summed E-state index contributed by atoms with van der Waals surface area (Å²) in [6.45, 7) is 8.43. The van der Waals surface area contributed by atoms with Crippen molar-refractivity contribution in [1.29, 1.82) is 0 Å². The van der Waals surface area contributed by atoms with Gasteiger partial charge in [0.1, 0.15) is 11.2 Å². The van der Waals surface area contributed by atoms with Crippen molar-refractivity contribution in [3.05, 3.63) is 24.4 Å². The number of rotatable bonds is 8. The van der Waals surface area contributed by atoms with Crippen molar-refractivity contribution in [2.75, 3.05) is 25.2 Å². The molecule has 134 valence electrons. The van der Waals surface area contributed by atoms with Gasteiger partial charge in [-0.05, 0) is 39.8 Å². The smallest absolute Gasteiger partial charge is 0.354 e. The summed E-state index contributed by atoms with van der Waals surface area (Å²) in [5, 5.41) is 4.92. The van der Waals surface area contributed by atoms with Crippen LogP contribution in [0.25, 0.3) is 10.9 Å². The van der Waals surface area contributed by atoms with Gasteiger partial charge < -0.3 is 14.2 Å². The van der Waals surface area contributed by atoms with Gasteiger partial charge in [-0.25, -0.2) is 4.79 Å². The number of hydrogen-bond donors (Lipinski definition) is 1. The van der Waals surface area contributed by atoms with Crippen molar-refractivity contribution in [2.45, 2.75) is 27.7 Å². The fourth-order valence-corrected chi connectivity index (χ4v) is 2.26. The Bertz CT molecular complexity index is 774. The van der Waals surface area contributed by atoms with Gasteiger partial charge in [0.05, 0.1) is 25.5 Å². The van der Waals surface area contributed by atoms with E-state index in [0.29, 0.717) is 42.5 Å². The highest BCUT2D eigenvalue weighted by Crippen LogP contribution is 2.39. The Hall–Kier alpha value is -2.83. The summed E-state index contributed by atoms with van der Waals surface area (Å²) in [5.74, 6) is 0.701. The number of ether oxygens (including phenoxy) is 3. The molecule has 0 aliphatic heterocycles. The maximum atomic E-state index is 11.7. The van der Waals surface area contributed by atoms with Crippen LogP contribution in [0.4, 0.5) is 5.69 Å². The van der Waals surface area contributed by atoms with Crippen molar-refractivity contribution in [3.63, 3.8) is 0 Å². The maximum absolute atomic E-state index is 11.7. The second-order valence-corrected chi connectivity index (χ2v) is 5.05. The first-order valence-corrected chi connectivity index (χ1v) is 8.27. The van der Waals surface area contributed by atoms with Crippen LogP contribution in [-0.2, 0) is 9.53 Å². The average Bonchev–Trinajstić information content (AvgIpc) is 2.62. The third-order valence-corrected chi connectivity index (χ3v) is 3.32. The van der Waals surface area contributed by atoms with Crippen molar-refractivity contribution in [2.24, 2.45) is 5.10 Å². The van der Waals surface area contributed by atoms with Crippen LogP contribution in [0.15, 0.2) is 29.5 Å². The Morgan fingerprint density at radius 2 is 1.96 bits per heavy atom. The summed E-state index contributed by atoms with van der Waals surface area (Å²) in [6, 6.07) is 5.52. The monoisotopic (exact) mass is 345 g/mol. The Labute approximate surface area is 147 Å². The molecular weight excluding hydrogens is 322 g/mol. The standard InChI is InChI=1S/C18H23N3O4/c1-5-23-15-11-14(21-20-12(4)18(22)25-7-3)13-9-8-10-19-16(13)17(15)24-6-2/h8-11,21H,5-7H2,1-4H3/b20-12-. The SMILES string of the molecule is CCOC(=O)/C(C)=N\Nc1cc(OCC)c(OCC)c2ncccc12. The number of pyridine rings is 1. The number of hydrogen-bond acceptors (Lipinski definition) is 7. The fraction of sp³-hybridized carbons (Fsp3) is 0.389. The van der Waals surface area contributed by atoms with Gasteiger partial charge in [0.15, 0.2) is 11.5 Å². The largest absolute Gasteiger partial charge is 0.490 e. The van der Waals surface area contributed by atoms with Gasteiger partial charge in [-0.15, -0.1) is 0 Å². The second-order valence-electron chi connectivity index (χ2n) is 5.05. The fourth-order valence-electron chi connectivity index (χ4n) is 2.26. The number of benzene rings is 1. The van der Waals surface area contributed by atoms with E-state index in [2.05, 4.69) is 15.5 Å². The highest BCUT2D eigenvalue weighted by molar-refractivity contribution is 6.35. The van der Waals surface area contributed by atoms with Gasteiger partial charge in [-0.1, -0.05) is 0 Å². The molecule has 2 rings (SSSR count). The van der Waals surface area contributed by atoms with E-state index in [1.165, 1.54) is 0 Å². The molecule has 0 saturated carbocycles. The van der Waals surface area contributed by atoms with E-state index in [1.807, 2.05) is 26.0 Å². The molecule has 0 radical (unpaired) electrons. The zero-order valence-electron chi connectivity index (χ0n) is 15.0. The van der Waals surface area contributed by atoms with E-state index >= 15 is 0 Å². The first-order chi connectivity index (χ1) is 12.1. The van der Waals surface area contributed by atoms with Gasteiger partial charge in [0.25, 0.3) is 0 Å². The van der Waals surface area contributed by atoms with Crippen LogP contribution in [0.5, 0.6) is 11.5 Å². The van der Waals surface area contributed by atoms with Crippen LogP contribution in [0.2, 0.25) is 0 Å². The third kappa shape index (κ3) is 4.37. The molecule has 0 saturated heterocycles. The van der Waals surface area contributed by atoms with Crippen molar-refractivity contribution in [3.8, 4) is 11.5 Å². The normalized spacial score (nSPS) is 11.3. The van der Waals surface area contributed by atoms with Gasteiger partial charge in [0, 0.05) is 17.6 Å². The average molecular weight is 345 g/mol. The molecule has 25 heavy (non-hydrogen) atoms. The van der Waals surface area contributed by atoms with E-state index in [9.17, 15) is 4.79 Å². The lowest BCUT2D eigenvalue weighted by Gasteiger charge is -2.15. The lowest BCUT2D eigenvalue weighted by atomic mass is 10.1. The molecule has 1 heterocycles. The van der Waals surface area contributed by atoms with E-state index in [4.69, 9.17) is 14.2 Å². The van der Waals surface area contributed by atoms with Crippen molar-refractivity contribution >= 4 is 28.3 Å². The lowest BCUT2D eigenvalue weighted by Crippen LogP contribution is -2.15. The van der Waals surface area contributed by atoms with E-state index < -0.39 is 5.97 Å². The number of fused-ring (bicyclic) bond motifs is 1. The maximum Gasteiger partial charge on any atom is 0.354 e. The number of carbonyl (C=O) groups is 1. The molecule has 1 N–H and O–H groups in total. The molecule has 0 aliphatic rings. The summed E-state index contributed by atoms with van der Waals surface area (Å²) >= 11 is 0. The molecule has 7 heteroatoms. The van der Waals surface area contributed by atoms with Crippen LogP contribution in [0.1, 0.15) is 27.7 Å². The highest BCUT2D eigenvalue weighted by Gasteiger charge is 2.16. The number of nitrogens with one attached hydrogen (secondary N) is 1. The minimum absolute atomic E-state index is 0.228. The molecule has 0 fully saturated rings. The Kier molecular flexibility index (Phi) is 6.56. The zero-order chi connectivity index (χ0) is 18.2. The van der Waals surface area contributed by atoms with E-state index in [0.717, 1.165) is 5.39 Å². The first-order valence-electron chi connectivity index (χ1n) is 8.27. The molecular formula is C18H23N3O4. The third-order valence-electron chi connectivity index (χ3n) is 3.32. The highest BCUT2D eigenvalue weighted by atomic mass is 16.5. The molecule has 1 aromatic carbocycles. The van der Waals surface area contributed by atoms with Crippen LogP contribution in [0.3, 0.4) is 0 Å². The molecule has 7 nitrogen and oxygen atoms in total. The quantitative estimate of drug-likeness (QED) is 0.449. The number of nitrogens with zero attached hydrogens (tertiary/aromatic N) is 2. The summed E-state index contributed by atoms with van der Waals surface area (Å²) in [6.07, 6.45) is 1.69. The topological polar surface area (TPSA) is 82.0 Å². The molecule has 0 unspecified atom stereocenters. The van der Waals surface area contributed by atoms with Crippen LogP contribution in [-0.4, -0.2) is 36.5 Å². The molecule has 2 aromatic rings. The van der Waals surface area contributed by atoms with Gasteiger partial charge in [-0.3, -0.25) is 10.4 Å². The predicted molar refractivity (Wildman–Crippen MR) is 97.4 cm³/mol. The summed E-state index contributed by atoms with van der Waals surface area (Å²) in [4.78, 5) is 16.1. The minimum Gasteiger partial charge on any atom is -0.490 e. The van der Waals surface area contributed by atoms with Crippen LogP contribution >= 0.6 is 0 Å². The molecule has 0 spiro atoms. The zero-order valence-corrected chi connectivity index (χ0v) is 15.0. The van der Waals surface area contributed by atoms with E-state index in [-0.39, 0.29) is 5.71 Å². The molecule has 0 bridgehead atoms. The number of carbonyl (C=O) groups excluding carboxylic acids is 1. The van der Waals surface area contributed by atoms with Crippen LogP contribution in [0, 0.1) is 0 Å². The Balaban J connectivity index is 2.47. The number of esters is 1. The first kappa shape index (κ1) is 18.5. The van der Waals surface area contributed by atoms with Crippen LogP contribution < -0.4 is 14.9 Å². The lowest BCUT2D eigenvalue weighted by molar-refractivity contribution is -0.135. The summed E-state index contributed by atoms with van der Waals surface area (Å²) < 4.78 is 16.3. The van der Waals surface area contributed by atoms with Gasteiger partial charge >= 0.3 is 5.97 Å². The van der Waals surface area contributed by atoms with Crippen molar-refractivity contribution < 1.29 is 19.0 Å². The van der Waals surface area contributed by atoms with Gasteiger partial charge in [0.2, 0.25) is 0 Å². The molecule has 0 atom stereocenters. The van der Waals surface area contributed by atoms with Gasteiger partial charge in [-0.2, -0.15) is 5.10 Å². The second kappa shape index (κ2) is 8.86. The number of aromatic nitrogens is 1. The molecule has 1 aromatic heterocycles. The Morgan fingerprint density at radius 3 is 2.64 bits per heavy atom.